The Bertz CT molecular complexity index is 633. The summed E-state index contributed by atoms with van der Waals surface area (Å²) < 4.78 is 38.0. The van der Waals surface area contributed by atoms with Gasteiger partial charge in [0.2, 0.25) is 18.3 Å². The highest BCUT2D eigenvalue weighted by Gasteiger charge is 2.40. The van der Waals surface area contributed by atoms with Crippen LogP contribution in [0, 0.1) is 5.41 Å². The average molecular weight is 375 g/mol. The standard InChI is InChI=1S/C15H20F3N5O3/c16-15(17,18)11-5-8-19-13(20-11)22-21-12(25)14(9-23(26)10-24)6-3-1-2-4-7-14/h5,8,10,26H,1-4,6-7,9H2,(H,21,25)(H,19,20,22). The first-order valence-corrected chi connectivity index (χ1v) is 8.14. The van der Waals surface area contributed by atoms with E-state index < -0.39 is 29.1 Å². The van der Waals surface area contributed by atoms with Crippen LogP contribution < -0.4 is 10.9 Å². The van der Waals surface area contributed by atoms with Crippen molar-refractivity contribution >= 4 is 18.3 Å². The SMILES string of the molecule is O=CN(O)CC1(C(=O)NNc2nccc(C(F)(F)F)n2)CCCCCC1. The normalized spacial score (nSPS) is 17.1. The first-order valence-electron chi connectivity index (χ1n) is 8.14. The molecule has 0 saturated heterocycles. The Hall–Kier alpha value is -2.43. The zero-order valence-corrected chi connectivity index (χ0v) is 13.9. The number of amides is 2. The van der Waals surface area contributed by atoms with Crippen LogP contribution in [0.4, 0.5) is 19.1 Å². The number of anilines is 1. The molecular weight excluding hydrogens is 355 g/mol. The number of hydrazine groups is 1. The Kier molecular flexibility index (Phi) is 6.35. The van der Waals surface area contributed by atoms with Crippen molar-refractivity contribution in [2.75, 3.05) is 12.0 Å². The largest absolute Gasteiger partial charge is 0.433 e. The zero-order chi connectivity index (χ0) is 19.2. The minimum absolute atomic E-state index is 0.201. The summed E-state index contributed by atoms with van der Waals surface area (Å²) in [6.07, 6.45) is 0.700. The highest BCUT2D eigenvalue weighted by Crippen LogP contribution is 2.36. The Balaban J connectivity index is 2.10. The van der Waals surface area contributed by atoms with E-state index in [-0.39, 0.29) is 13.0 Å². The molecule has 0 spiro atoms. The van der Waals surface area contributed by atoms with Gasteiger partial charge in [0.25, 0.3) is 0 Å². The number of hydrogen-bond acceptors (Lipinski definition) is 6. The minimum Gasteiger partial charge on any atom is -0.286 e. The molecule has 1 heterocycles. The Labute approximate surface area is 147 Å². The molecule has 1 aliphatic carbocycles. The molecule has 0 aromatic carbocycles. The number of rotatable bonds is 6. The van der Waals surface area contributed by atoms with E-state index in [1.165, 1.54) is 0 Å². The molecular formula is C15H20F3N5O3. The van der Waals surface area contributed by atoms with Gasteiger partial charge in [-0.25, -0.2) is 15.0 Å². The highest BCUT2D eigenvalue weighted by atomic mass is 19.4. The minimum atomic E-state index is -4.63. The van der Waals surface area contributed by atoms with Gasteiger partial charge in [-0.2, -0.15) is 13.2 Å². The van der Waals surface area contributed by atoms with Gasteiger partial charge in [-0.3, -0.25) is 25.6 Å². The number of carbonyl (C=O) groups excluding carboxylic acids is 2. The molecule has 2 amide bonds. The van der Waals surface area contributed by atoms with E-state index in [4.69, 9.17) is 0 Å². The molecule has 1 aromatic rings. The van der Waals surface area contributed by atoms with Crippen molar-refractivity contribution in [2.45, 2.75) is 44.7 Å². The smallest absolute Gasteiger partial charge is 0.286 e. The first kappa shape index (κ1) is 19.9. The second-order valence-electron chi connectivity index (χ2n) is 6.24. The van der Waals surface area contributed by atoms with Crippen molar-refractivity contribution < 1.29 is 28.0 Å². The second-order valence-corrected chi connectivity index (χ2v) is 6.24. The van der Waals surface area contributed by atoms with Crippen molar-refractivity contribution in [1.82, 2.24) is 20.5 Å². The van der Waals surface area contributed by atoms with Crippen LogP contribution in [0.15, 0.2) is 12.3 Å². The van der Waals surface area contributed by atoms with Gasteiger partial charge < -0.3 is 0 Å². The number of alkyl halides is 3. The molecule has 1 fully saturated rings. The maximum atomic E-state index is 12.7. The molecule has 0 unspecified atom stereocenters. The van der Waals surface area contributed by atoms with Gasteiger partial charge in [0, 0.05) is 6.20 Å². The summed E-state index contributed by atoms with van der Waals surface area (Å²) in [5.74, 6) is -0.950. The van der Waals surface area contributed by atoms with E-state index in [9.17, 15) is 28.0 Å². The van der Waals surface area contributed by atoms with Gasteiger partial charge >= 0.3 is 6.18 Å². The number of aromatic nitrogens is 2. The molecule has 11 heteroatoms. The molecule has 2 rings (SSSR count). The summed E-state index contributed by atoms with van der Waals surface area (Å²) >= 11 is 0. The number of carbonyl (C=O) groups is 2. The second kappa shape index (κ2) is 8.30. The van der Waals surface area contributed by atoms with Gasteiger partial charge in [-0.15, -0.1) is 0 Å². The van der Waals surface area contributed by atoms with Gasteiger partial charge in [0.1, 0.15) is 5.69 Å². The van der Waals surface area contributed by atoms with Crippen LogP contribution in [-0.2, 0) is 15.8 Å². The lowest BCUT2D eigenvalue weighted by Gasteiger charge is -2.32. The molecule has 0 aliphatic heterocycles. The van der Waals surface area contributed by atoms with Crippen molar-refractivity contribution in [1.29, 1.82) is 0 Å². The van der Waals surface area contributed by atoms with Crippen LogP contribution in [0.3, 0.4) is 0 Å². The fraction of sp³-hybridized carbons (Fsp3) is 0.600. The molecule has 1 aromatic heterocycles. The van der Waals surface area contributed by atoms with Crippen LogP contribution in [0.25, 0.3) is 0 Å². The molecule has 1 aliphatic rings. The summed E-state index contributed by atoms with van der Waals surface area (Å²) in [7, 11) is 0. The topological polar surface area (TPSA) is 107 Å². The van der Waals surface area contributed by atoms with E-state index in [0.717, 1.165) is 31.9 Å². The zero-order valence-electron chi connectivity index (χ0n) is 13.9. The van der Waals surface area contributed by atoms with Crippen molar-refractivity contribution in [3.63, 3.8) is 0 Å². The summed E-state index contributed by atoms with van der Waals surface area (Å²) in [4.78, 5) is 30.4. The fourth-order valence-electron chi connectivity index (χ4n) is 3.03. The Morgan fingerprint density at radius 2 is 1.96 bits per heavy atom. The number of nitrogens with one attached hydrogen (secondary N) is 2. The number of nitrogens with zero attached hydrogens (tertiary/aromatic N) is 3. The lowest BCUT2D eigenvalue weighted by molar-refractivity contribution is -0.161. The molecule has 8 nitrogen and oxygen atoms in total. The Morgan fingerprint density at radius 1 is 1.31 bits per heavy atom. The fourth-order valence-corrected chi connectivity index (χ4v) is 3.03. The third-order valence-corrected chi connectivity index (χ3v) is 4.36. The lowest BCUT2D eigenvalue weighted by atomic mass is 9.79. The third kappa shape index (κ3) is 5.04. The van der Waals surface area contributed by atoms with Gasteiger partial charge in [-0.05, 0) is 18.9 Å². The van der Waals surface area contributed by atoms with Gasteiger partial charge in [0.05, 0.1) is 12.0 Å². The van der Waals surface area contributed by atoms with Crippen molar-refractivity contribution in [3.8, 4) is 0 Å². The monoisotopic (exact) mass is 375 g/mol. The highest BCUT2D eigenvalue weighted by molar-refractivity contribution is 5.84. The van der Waals surface area contributed by atoms with Crippen LogP contribution in [0.2, 0.25) is 0 Å². The van der Waals surface area contributed by atoms with Crippen molar-refractivity contribution in [2.24, 2.45) is 5.41 Å². The van der Waals surface area contributed by atoms with E-state index in [0.29, 0.717) is 24.0 Å². The molecule has 0 atom stereocenters. The van der Waals surface area contributed by atoms with E-state index in [1.807, 2.05) is 0 Å². The molecule has 3 N–H and O–H groups in total. The van der Waals surface area contributed by atoms with Crippen LogP contribution in [0.5, 0.6) is 0 Å². The Morgan fingerprint density at radius 3 is 2.54 bits per heavy atom. The maximum Gasteiger partial charge on any atom is 0.433 e. The van der Waals surface area contributed by atoms with Crippen LogP contribution in [-0.4, -0.2) is 39.1 Å². The summed E-state index contributed by atoms with van der Waals surface area (Å²) in [6.45, 7) is -0.201. The summed E-state index contributed by atoms with van der Waals surface area (Å²) in [5.41, 5.74) is 2.41. The molecule has 26 heavy (non-hydrogen) atoms. The molecule has 144 valence electrons. The van der Waals surface area contributed by atoms with E-state index >= 15 is 0 Å². The van der Waals surface area contributed by atoms with Gasteiger partial charge in [-0.1, -0.05) is 25.7 Å². The number of hydrogen-bond donors (Lipinski definition) is 3. The third-order valence-electron chi connectivity index (χ3n) is 4.36. The van der Waals surface area contributed by atoms with Crippen molar-refractivity contribution in [3.05, 3.63) is 18.0 Å². The quantitative estimate of drug-likeness (QED) is 0.304. The van der Waals surface area contributed by atoms with E-state index in [1.54, 1.807) is 0 Å². The lowest BCUT2D eigenvalue weighted by Crippen LogP contribution is -2.49. The first-order chi connectivity index (χ1) is 12.3. The predicted molar refractivity (Wildman–Crippen MR) is 83.5 cm³/mol. The molecule has 0 radical (unpaired) electrons. The molecule has 0 bridgehead atoms. The summed E-state index contributed by atoms with van der Waals surface area (Å²) in [6, 6.07) is 0.716. The predicted octanol–water partition coefficient (Wildman–Crippen LogP) is 2.13. The van der Waals surface area contributed by atoms with Gasteiger partial charge in [0.15, 0.2) is 0 Å². The molecule has 1 saturated carbocycles. The number of halogens is 3. The van der Waals surface area contributed by atoms with E-state index in [2.05, 4.69) is 20.8 Å². The summed E-state index contributed by atoms with van der Waals surface area (Å²) in [5, 5.41) is 9.95. The maximum absolute atomic E-state index is 12.7. The van der Waals surface area contributed by atoms with Crippen LogP contribution >= 0.6 is 0 Å². The van der Waals surface area contributed by atoms with Crippen LogP contribution in [0.1, 0.15) is 44.2 Å². The average Bonchev–Trinajstić information content (AvgIpc) is 2.85. The number of hydroxylamine groups is 2.